The molecule has 0 spiro atoms. The van der Waals surface area contributed by atoms with Gasteiger partial charge in [0, 0.05) is 146 Å². The van der Waals surface area contributed by atoms with E-state index in [1.807, 2.05) is 13.8 Å². The van der Waals surface area contributed by atoms with Gasteiger partial charge in [0.2, 0.25) is 53.2 Å². The minimum Gasteiger partial charge on any atom is -0.481 e. The number of aliphatic carboxylic acids is 5. The number of nitrogens with zero attached hydrogens (tertiary/aromatic N) is 2. The predicted molar refractivity (Wildman–Crippen MR) is 374 cm³/mol. The van der Waals surface area contributed by atoms with E-state index >= 15 is 0 Å². The molecule has 0 aromatic carbocycles. The van der Waals surface area contributed by atoms with E-state index in [-0.39, 0.29) is 81.4 Å². The number of rotatable bonds is 59. The zero-order valence-corrected chi connectivity index (χ0v) is 61.8. The highest BCUT2D eigenvalue weighted by molar-refractivity contribution is 8.00. The number of carbonyl (C=O) groups excluding carboxylic acids is 13. The molecule has 0 bridgehead atoms. The van der Waals surface area contributed by atoms with Crippen molar-refractivity contribution in [2.24, 2.45) is 23.7 Å². The van der Waals surface area contributed by atoms with Crippen molar-refractivity contribution >= 4 is 130 Å². The van der Waals surface area contributed by atoms with Crippen LogP contribution in [0.15, 0.2) is 0 Å². The van der Waals surface area contributed by atoms with E-state index in [1.54, 1.807) is 20.1 Å². The second-order valence-corrected chi connectivity index (χ2v) is 28.3. The highest BCUT2D eigenvalue weighted by atomic mass is 32.2. The fourth-order valence-corrected chi connectivity index (χ4v) is 13.2. The van der Waals surface area contributed by atoms with Crippen molar-refractivity contribution < 1.29 is 126 Å². The van der Waals surface area contributed by atoms with Gasteiger partial charge in [-0.15, -0.1) is 11.8 Å². The Morgan fingerprint density at radius 3 is 1.61 bits per heavy atom. The number of likely N-dealkylation sites (tertiary alicyclic amines) is 2. The number of thioether (sulfide) groups is 2. The SMILES string of the molecule is CCNC(=O)[C@H](C)CC(=O)[C@H](CSC)NC(=O)CCC[C@H](CC(C)C)NC(=O)[C@@H]1CCCN1C(=O)COCCCC(=O)[C@@H](CCC(=O)O)NC(=O)[C@@H](CCC(=O)O)CC(=O)[C@@H](CCC(=O)O)NC(=O)[C@@H](CCC(=O)O)CC(=O)[C@@H](CCC(=O)O)NC(=O)CCN1C(=O)CC(SCCOCCOC)C1=O. The zero-order valence-electron chi connectivity index (χ0n) is 60.2. The Morgan fingerprint density at radius 1 is 0.558 bits per heavy atom. The first-order chi connectivity index (χ1) is 49.2. The first-order valence-electron chi connectivity index (χ1n) is 35.1. The molecule has 2 aliphatic rings. The monoisotopic (exact) mass is 1510 g/mol. The lowest BCUT2D eigenvalue weighted by Crippen LogP contribution is -2.50. The van der Waals surface area contributed by atoms with E-state index in [4.69, 9.17) is 14.2 Å². The summed E-state index contributed by atoms with van der Waals surface area (Å²) in [6, 6.07) is -6.98. The standard InChI is InChI=1S/C68H106N8O26S2/c1-7-69-64(95)41(4)34-51(78)48(39-103-6)72-55(81)14-8-11-44(33-40(2)3)70-67(98)49-12-9-26-75(49)58(84)38-102-28-10-13-50(77)45(17-22-61(89)90)73-65(96)43(16-21-60(87)88)36-53(80)47(19-24-63(93)94)74-66(97)42(15-20-59(85)86)35-52(79)46(18-23-62(91)92)71-56(82)25-27-76-57(83)37-54(68(76)99)104-32-31-101-30-29-100-5/h40-49,54H,7-39H2,1-6H3,(H,69,95)(H,70,98)(H,71,82)(H,72,81)(H,73,96)(H,74,97)(H,85,86)(H,87,88)(H,89,90)(H,91,92)(H,93,94)/t41-,42+,43+,44-,45-,46-,47-,48+,49+,54?/m1/s1. The Hall–Kier alpha value is -7.96. The van der Waals surface area contributed by atoms with Crippen LogP contribution in [-0.4, -0.2) is 261 Å². The van der Waals surface area contributed by atoms with Crippen LogP contribution >= 0.6 is 23.5 Å². The van der Waals surface area contributed by atoms with Gasteiger partial charge >= 0.3 is 29.8 Å². The summed E-state index contributed by atoms with van der Waals surface area (Å²) in [5.41, 5.74) is 0. The Balaban J connectivity index is 2.18. The molecule has 9 amide bonds. The lowest BCUT2D eigenvalue weighted by molar-refractivity contribution is -0.142. The molecule has 0 radical (unpaired) electrons. The first-order valence-corrected chi connectivity index (χ1v) is 37.5. The Labute approximate surface area is 612 Å². The summed E-state index contributed by atoms with van der Waals surface area (Å²) in [6.07, 6.45) is -5.47. The van der Waals surface area contributed by atoms with Gasteiger partial charge in [-0.1, -0.05) is 20.8 Å². The molecule has 0 aromatic rings. The smallest absolute Gasteiger partial charge is 0.303 e. The van der Waals surface area contributed by atoms with Crippen molar-refractivity contribution in [1.29, 1.82) is 0 Å². The molecular weight excluding hydrogens is 1410 g/mol. The molecular formula is C68H106N8O26S2. The number of carbonyl (C=O) groups is 18. The van der Waals surface area contributed by atoms with Crippen LogP contribution in [0.1, 0.15) is 175 Å². The molecule has 586 valence electrons. The fourth-order valence-electron chi connectivity index (χ4n) is 11.6. The normalized spacial score (nSPS) is 16.6. The molecule has 2 heterocycles. The van der Waals surface area contributed by atoms with Crippen LogP contribution in [0.4, 0.5) is 0 Å². The zero-order chi connectivity index (χ0) is 78.0. The lowest BCUT2D eigenvalue weighted by Gasteiger charge is -2.27. The number of carboxylic acid groups (broad SMARTS) is 5. The van der Waals surface area contributed by atoms with E-state index in [9.17, 15) is 112 Å². The summed E-state index contributed by atoms with van der Waals surface area (Å²) in [5.74, 6) is -19.1. The van der Waals surface area contributed by atoms with Gasteiger partial charge in [-0.2, -0.15) is 11.8 Å². The van der Waals surface area contributed by atoms with E-state index in [0.717, 1.165) is 4.90 Å². The van der Waals surface area contributed by atoms with Crippen LogP contribution in [0.3, 0.4) is 0 Å². The average Bonchev–Trinajstić information content (AvgIpc) is 1.63. The number of ether oxygens (including phenoxy) is 3. The van der Waals surface area contributed by atoms with Crippen molar-refractivity contribution in [1.82, 2.24) is 41.7 Å². The maximum absolute atomic E-state index is 14.2. The Kier molecular flexibility index (Phi) is 44.7. The molecule has 0 aliphatic carbocycles. The topological polar surface area (TPSA) is 515 Å². The second-order valence-electron chi connectivity index (χ2n) is 26.1. The molecule has 11 N–H and O–H groups in total. The highest BCUT2D eigenvalue weighted by Crippen LogP contribution is 2.27. The summed E-state index contributed by atoms with van der Waals surface area (Å²) in [5, 5.41) is 62.8. The quantitative estimate of drug-likeness (QED) is 0.0303. The Bertz CT molecular complexity index is 2960. The highest BCUT2D eigenvalue weighted by Gasteiger charge is 2.40. The number of hydrogen-bond donors (Lipinski definition) is 11. The van der Waals surface area contributed by atoms with Gasteiger partial charge in [-0.25, -0.2) is 0 Å². The number of imide groups is 1. The molecule has 2 rings (SSSR count). The van der Waals surface area contributed by atoms with E-state index in [1.165, 1.54) is 35.5 Å². The van der Waals surface area contributed by atoms with Crippen LogP contribution in [0, 0.1) is 23.7 Å². The molecule has 10 atom stereocenters. The molecule has 104 heavy (non-hydrogen) atoms. The van der Waals surface area contributed by atoms with Gasteiger partial charge in [-0.3, -0.25) is 91.2 Å². The number of carboxylic acids is 5. The van der Waals surface area contributed by atoms with Gasteiger partial charge < -0.3 is 76.5 Å². The van der Waals surface area contributed by atoms with Crippen molar-refractivity contribution in [3.63, 3.8) is 0 Å². The lowest BCUT2D eigenvalue weighted by atomic mass is 9.89. The van der Waals surface area contributed by atoms with Crippen LogP contribution in [-0.2, 0) is 101 Å². The van der Waals surface area contributed by atoms with Gasteiger partial charge in [0.25, 0.3) is 0 Å². The molecule has 0 aromatic heterocycles. The summed E-state index contributed by atoms with van der Waals surface area (Å²) in [4.78, 5) is 236. The number of amides is 9. The largest absolute Gasteiger partial charge is 0.481 e. The minimum atomic E-state index is -1.81. The molecule has 1 unspecified atom stereocenters. The molecule has 34 nitrogen and oxygen atoms in total. The van der Waals surface area contributed by atoms with Crippen LogP contribution in [0.5, 0.6) is 0 Å². The van der Waals surface area contributed by atoms with Crippen molar-refractivity contribution in [3.05, 3.63) is 0 Å². The molecule has 36 heteroatoms. The van der Waals surface area contributed by atoms with Gasteiger partial charge in [-0.05, 0) is 89.7 Å². The van der Waals surface area contributed by atoms with Crippen molar-refractivity contribution in [3.8, 4) is 0 Å². The predicted octanol–water partition coefficient (Wildman–Crippen LogP) is 1.47. The third-order valence-corrected chi connectivity index (χ3v) is 18.9. The van der Waals surface area contributed by atoms with Crippen molar-refractivity contribution in [2.75, 3.05) is 77.5 Å². The van der Waals surface area contributed by atoms with Gasteiger partial charge in [0.15, 0.2) is 23.1 Å². The summed E-state index contributed by atoms with van der Waals surface area (Å²) < 4.78 is 15.9. The van der Waals surface area contributed by atoms with Crippen LogP contribution in [0.2, 0.25) is 0 Å². The fraction of sp³-hybridized carbons (Fsp3) is 0.735. The van der Waals surface area contributed by atoms with E-state index in [0.29, 0.717) is 63.4 Å². The number of methoxy groups -OCH3 is 1. The molecule has 2 fully saturated rings. The van der Waals surface area contributed by atoms with Crippen LogP contribution in [0.25, 0.3) is 0 Å². The molecule has 2 saturated heterocycles. The minimum absolute atomic E-state index is 0.0392. The third kappa shape index (κ3) is 37.1. The summed E-state index contributed by atoms with van der Waals surface area (Å²) in [6.45, 7) is 7.84. The van der Waals surface area contributed by atoms with Gasteiger partial charge in [0.1, 0.15) is 12.6 Å². The summed E-state index contributed by atoms with van der Waals surface area (Å²) in [7, 11) is 1.50. The maximum atomic E-state index is 14.2. The van der Waals surface area contributed by atoms with Gasteiger partial charge in [0.05, 0.1) is 49.2 Å². The number of Topliss-reactive ketones (excluding diaryl/α,β-unsaturated/α-hetero) is 4. The maximum Gasteiger partial charge on any atom is 0.303 e. The number of ketones is 4. The molecule has 2 aliphatic heterocycles. The first kappa shape index (κ1) is 92.1. The van der Waals surface area contributed by atoms with E-state index < -0.39 is 238 Å². The van der Waals surface area contributed by atoms with Crippen molar-refractivity contribution in [2.45, 2.75) is 217 Å². The third-order valence-electron chi connectivity index (χ3n) is 17.1. The second kappa shape index (κ2) is 50.5. The molecule has 0 saturated carbocycles. The van der Waals surface area contributed by atoms with E-state index in [2.05, 4.69) is 31.9 Å². The van der Waals surface area contributed by atoms with Crippen LogP contribution < -0.4 is 31.9 Å². The average molecular weight is 1520 g/mol. The number of hydrogen-bond acceptors (Lipinski definition) is 23. The number of nitrogens with one attached hydrogen (secondary N) is 6. The summed E-state index contributed by atoms with van der Waals surface area (Å²) >= 11 is 2.56. The Morgan fingerprint density at radius 2 is 1.08 bits per heavy atom.